The summed E-state index contributed by atoms with van der Waals surface area (Å²) in [5.74, 6) is 0.371. The average Bonchev–Trinajstić information content (AvgIpc) is 3.56. The minimum Gasteiger partial charge on any atom is -0.494 e. The number of thiophene rings is 1. The number of fused-ring (bicyclic) bond motifs is 1. The van der Waals surface area contributed by atoms with Gasteiger partial charge in [0.1, 0.15) is 5.75 Å². The van der Waals surface area contributed by atoms with Crippen LogP contribution in [0.4, 0.5) is 11.4 Å². The number of hydrogen-bond acceptors (Lipinski definition) is 6. The zero-order chi connectivity index (χ0) is 22.9. The van der Waals surface area contributed by atoms with Crippen LogP contribution in [0.25, 0.3) is 11.0 Å². The third-order valence-electron chi connectivity index (χ3n) is 5.67. The highest BCUT2D eigenvalue weighted by molar-refractivity contribution is 7.09. The molecule has 168 valence electrons. The van der Waals surface area contributed by atoms with E-state index in [4.69, 9.17) is 4.74 Å². The highest BCUT2D eigenvalue weighted by atomic mass is 32.1. The molecule has 3 aromatic heterocycles. The SMILES string of the molecule is COc1cc(NC(=O)c2cc(C)nc3c2cnn3Cc2cccs2)ccc1N1CCCC1=O. The van der Waals surface area contributed by atoms with Crippen LogP contribution in [0.3, 0.4) is 0 Å². The summed E-state index contributed by atoms with van der Waals surface area (Å²) in [5.41, 5.74) is 3.22. The van der Waals surface area contributed by atoms with Gasteiger partial charge < -0.3 is 15.0 Å². The van der Waals surface area contributed by atoms with E-state index in [1.807, 2.05) is 35.2 Å². The Morgan fingerprint density at radius 3 is 2.88 bits per heavy atom. The van der Waals surface area contributed by atoms with Crippen LogP contribution in [-0.4, -0.2) is 40.2 Å². The van der Waals surface area contributed by atoms with Crippen LogP contribution >= 0.6 is 11.3 Å². The van der Waals surface area contributed by atoms with Crippen LogP contribution in [0.1, 0.15) is 33.8 Å². The highest BCUT2D eigenvalue weighted by Crippen LogP contribution is 2.34. The van der Waals surface area contributed by atoms with Crippen molar-refractivity contribution in [3.05, 3.63) is 64.1 Å². The molecule has 0 atom stereocenters. The van der Waals surface area contributed by atoms with Crippen LogP contribution < -0.4 is 15.0 Å². The second kappa shape index (κ2) is 8.67. The maximum Gasteiger partial charge on any atom is 0.256 e. The fourth-order valence-electron chi connectivity index (χ4n) is 4.11. The van der Waals surface area contributed by atoms with Crippen LogP contribution in [0.15, 0.2) is 48.0 Å². The van der Waals surface area contributed by atoms with Gasteiger partial charge in [-0.05, 0) is 43.0 Å². The number of nitrogens with one attached hydrogen (secondary N) is 1. The molecule has 4 heterocycles. The van der Waals surface area contributed by atoms with E-state index in [-0.39, 0.29) is 11.8 Å². The van der Waals surface area contributed by atoms with Gasteiger partial charge in [-0.15, -0.1) is 11.3 Å². The minimum absolute atomic E-state index is 0.0827. The Bertz CT molecular complexity index is 1350. The molecule has 0 unspecified atom stereocenters. The van der Waals surface area contributed by atoms with Crippen molar-refractivity contribution in [3.8, 4) is 5.75 Å². The monoisotopic (exact) mass is 461 g/mol. The number of carbonyl (C=O) groups excluding carboxylic acids is 2. The molecule has 9 heteroatoms. The molecule has 1 N–H and O–H groups in total. The summed E-state index contributed by atoms with van der Waals surface area (Å²) in [6.45, 7) is 3.14. The van der Waals surface area contributed by atoms with Crippen LogP contribution in [-0.2, 0) is 11.3 Å². The molecule has 1 aromatic carbocycles. The maximum absolute atomic E-state index is 13.2. The molecule has 2 amide bonds. The van der Waals surface area contributed by atoms with Gasteiger partial charge >= 0.3 is 0 Å². The molecule has 1 aliphatic rings. The number of benzene rings is 1. The number of methoxy groups -OCH3 is 1. The molecule has 0 saturated carbocycles. The normalized spacial score (nSPS) is 13.6. The number of aromatic nitrogens is 3. The van der Waals surface area contributed by atoms with Gasteiger partial charge in [0.2, 0.25) is 5.91 Å². The molecule has 0 spiro atoms. The zero-order valence-corrected chi connectivity index (χ0v) is 19.2. The smallest absolute Gasteiger partial charge is 0.256 e. The molecule has 0 bridgehead atoms. The van der Waals surface area contributed by atoms with E-state index in [9.17, 15) is 9.59 Å². The van der Waals surface area contributed by atoms with Gasteiger partial charge in [-0.2, -0.15) is 5.10 Å². The molecule has 0 radical (unpaired) electrons. The number of nitrogens with zero attached hydrogens (tertiary/aromatic N) is 4. The van der Waals surface area contributed by atoms with Gasteiger partial charge in [0.05, 0.1) is 36.5 Å². The van der Waals surface area contributed by atoms with Crippen LogP contribution in [0.2, 0.25) is 0 Å². The van der Waals surface area contributed by atoms with E-state index in [0.29, 0.717) is 47.5 Å². The predicted octanol–water partition coefficient (Wildman–Crippen LogP) is 4.24. The first-order valence-electron chi connectivity index (χ1n) is 10.7. The van der Waals surface area contributed by atoms with Crippen molar-refractivity contribution in [2.45, 2.75) is 26.3 Å². The summed E-state index contributed by atoms with van der Waals surface area (Å²) in [6, 6.07) is 11.2. The van der Waals surface area contributed by atoms with Gasteiger partial charge in [0.25, 0.3) is 5.91 Å². The number of amides is 2. The van der Waals surface area contributed by atoms with Gasteiger partial charge in [-0.25, -0.2) is 9.67 Å². The lowest BCUT2D eigenvalue weighted by Crippen LogP contribution is -2.24. The van der Waals surface area contributed by atoms with E-state index in [1.165, 1.54) is 0 Å². The Labute approximate surface area is 194 Å². The molecule has 4 aromatic rings. The molecule has 1 saturated heterocycles. The number of hydrogen-bond donors (Lipinski definition) is 1. The molecule has 0 aliphatic carbocycles. The maximum atomic E-state index is 13.2. The molecular formula is C24H23N5O3S. The standard InChI is InChI=1S/C24H23N5O3S/c1-15-11-18(19-13-25-29(23(19)26-15)14-17-5-4-10-33-17)24(31)27-16-7-8-20(21(12-16)32-2)28-9-3-6-22(28)30/h4-5,7-8,10-13H,3,6,9,14H2,1-2H3,(H,27,31). The lowest BCUT2D eigenvalue weighted by atomic mass is 10.1. The first-order valence-corrected chi connectivity index (χ1v) is 11.6. The number of ether oxygens (including phenoxy) is 1. The summed E-state index contributed by atoms with van der Waals surface area (Å²) in [6.07, 6.45) is 3.06. The number of anilines is 2. The van der Waals surface area contributed by atoms with Crippen molar-refractivity contribution in [1.82, 2.24) is 14.8 Å². The van der Waals surface area contributed by atoms with Crippen molar-refractivity contribution in [3.63, 3.8) is 0 Å². The second-order valence-corrected chi connectivity index (χ2v) is 8.95. The fraction of sp³-hybridized carbons (Fsp3) is 0.250. The Kier molecular flexibility index (Phi) is 5.55. The molecular weight excluding hydrogens is 438 g/mol. The topological polar surface area (TPSA) is 89.3 Å². The van der Waals surface area contributed by atoms with Gasteiger partial charge in [-0.1, -0.05) is 6.07 Å². The van der Waals surface area contributed by atoms with Crippen molar-refractivity contribution < 1.29 is 14.3 Å². The minimum atomic E-state index is -0.256. The molecule has 5 rings (SSSR count). The first kappa shape index (κ1) is 21.1. The van der Waals surface area contributed by atoms with Crippen LogP contribution in [0.5, 0.6) is 5.75 Å². The van der Waals surface area contributed by atoms with Crippen molar-refractivity contribution in [2.24, 2.45) is 0 Å². The highest BCUT2D eigenvalue weighted by Gasteiger charge is 2.25. The van der Waals surface area contributed by atoms with Crippen molar-refractivity contribution in [2.75, 3.05) is 23.9 Å². The van der Waals surface area contributed by atoms with E-state index in [1.54, 1.807) is 47.7 Å². The Hall–Kier alpha value is -3.72. The molecule has 1 aliphatic heterocycles. The van der Waals surface area contributed by atoms with Gasteiger partial charge in [-0.3, -0.25) is 9.59 Å². The summed E-state index contributed by atoms with van der Waals surface area (Å²) in [5, 5.41) is 10.1. The van der Waals surface area contributed by atoms with E-state index < -0.39 is 0 Å². The van der Waals surface area contributed by atoms with Crippen LogP contribution in [0, 0.1) is 6.92 Å². The number of pyridine rings is 1. The van der Waals surface area contributed by atoms with E-state index in [2.05, 4.69) is 15.4 Å². The first-order chi connectivity index (χ1) is 16.0. The third-order valence-corrected chi connectivity index (χ3v) is 6.53. The summed E-state index contributed by atoms with van der Waals surface area (Å²) < 4.78 is 7.32. The molecule has 8 nitrogen and oxygen atoms in total. The lowest BCUT2D eigenvalue weighted by molar-refractivity contribution is -0.117. The summed E-state index contributed by atoms with van der Waals surface area (Å²) in [4.78, 5) is 32.9. The number of carbonyl (C=O) groups is 2. The predicted molar refractivity (Wildman–Crippen MR) is 128 cm³/mol. The van der Waals surface area contributed by atoms with Gasteiger partial charge in [0.15, 0.2) is 5.65 Å². The molecule has 33 heavy (non-hydrogen) atoms. The molecule has 1 fully saturated rings. The van der Waals surface area contributed by atoms with E-state index >= 15 is 0 Å². The number of aryl methyl sites for hydroxylation is 1. The Balaban J connectivity index is 1.43. The fourth-order valence-corrected chi connectivity index (χ4v) is 4.79. The summed E-state index contributed by atoms with van der Waals surface area (Å²) in [7, 11) is 1.56. The average molecular weight is 462 g/mol. The Morgan fingerprint density at radius 1 is 1.27 bits per heavy atom. The van der Waals surface area contributed by atoms with E-state index in [0.717, 1.165) is 22.7 Å². The van der Waals surface area contributed by atoms with Crippen molar-refractivity contribution >= 4 is 45.6 Å². The van der Waals surface area contributed by atoms with Crippen molar-refractivity contribution in [1.29, 1.82) is 0 Å². The second-order valence-electron chi connectivity index (χ2n) is 7.92. The number of rotatable bonds is 6. The Morgan fingerprint density at radius 2 is 2.15 bits per heavy atom. The quantitative estimate of drug-likeness (QED) is 0.464. The van der Waals surface area contributed by atoms with Gasteiger partial charge in [0, 0.05) is 35.3 Å². The largest absolute Gasteiger partial charge is 0.494 e. The summed E-state index contributed by atoms with van der Waals surface area (Å²) >= 11 is 1.66. The third kappa shape index (κ3) is 4.07. The lowest BCUT2D eigenvalue weighted by Gasteiger charge is -2.19. The zero-order valence-electron chi connectivity index (χ0n) is 18.4.